The van der Waals surface area contributed by atoms with Crippen LogP contribution >= 0.6 is 11.3 Å². The predicted octanol–water partition coefficient (Wildman–Crippen LogP) is 2.59. The van der Waals surface area contributed by atoms with E-state index in [9.17, 15) is 9.59 Å². The molecule has 1 aliphatic rings. The Kier molecular flexibility index (Phi) is 5.31. The summed E-state index contributed by atoms with van der Waals surface area (Å²) < 4.78 is 5.06. The lowest BCUT2D eigenvalue weighted by Gasteiger charge is -2.34. The number of carbonyl (C=O) groups is 2. The fraction of sp³-hybridized carbons (Fsp3) is 0.600. The third kappa shape index (κ3) is 3.46. The zero-order valence-corrected chi connectivity index (χ0v) is 12.8. The molecule has 4 nitrogen and oxygen atoms in total. The molecule has 0 radical (unpaired) electrons. The van der Waals surface area contributed by atoms with Gasteiger partial charge in [0.05, 0.1) is 23.4 Å². The molecule has 0 aromatic carbocycles. The van der Waals surface area contributed by atoms with Crippen LogP contribution in [0.25, 0.3) is 0 Å². The Morgan fingerprint density at radius 3 is 2.70 bits per heavy atom. The summed E-state index contributed by atoms with van der Waals surface area (Å²) >= 11 is 1.49. The lowest BCUT2D eigenvalue weighted by atomic mass is 9.95. The number of piperidine rings is 1. The number of esters is 1. The van der Waals surface area contributed by atoms with Gasteiger partial charge in [-0.05, 0) is 51.2 Å². The Balaban J connectivity index is 1.87. The van der Waals surface area contributed by atoms with E-state index in [1.165, 1.54) is 11.3 Å². The third-order valence-corrected chi connectivity index (χ3v) is 4.73. The normalized spacial score (nSPS) is 18.7. The highest BCUT2D eigenvalue weighted by atomic mass is 32.1. The van der Waals surface area contributed by atoms with Gasteiger partial charge < -0.3 is 4.74 Å². The highest BCUT2D eigenvalue weighted by molar-refractivity contribution is 7.12. The zero-order chi connectivity index (χ0) is 14.5. The number of ether oxygens (including phenoxy) is 1. The first-order valence-electron chi connectivity index (χ1n) is 7.12. The average molecular weight is 295 g/mol. The molecule has 1 atom stereocenters. The molecule has 110 valence electrons. The van der Waals surface area contributed by atoms with Crippen LogP contribution in [0.3, 0.4) is 0 Å². The van der Waals surface area contributed by atoms with E-state index in [2.05, 4.69) is 4.90 Å². The predicted molar refractivity (Wildman–Crippen MR) is 79.0 cm³/mol. The molecule has 0 spiro atoms. The first-order valence-corrected chi connectivity index (χ1v) is 7.99. The summed E-state index contributed by atoms with van der Waals surface area (Å²) in [5.41, 5.74) is 0. The first-order chi connectivity index (χ1) is 9.63. The van der Waals surface area contributed by atoms with E-state index in [0.29, 0.717) is 6.61 Å². The van der Waals surface area contributed by atoms with Crippen LogP contribution in [0.5, 0.6) is 0 Å². The molecular weight excluding hydrogens is 274 g/mol. The minimum atomic E-state index is -0.114. The first kappa shape index (κ1) is 15.2. The van der Waals surface area contributed by atoms with Crippen LogP contribution < -0.4 is 0 Å². The smallest absolute Gasteiger partial charge is 0.309 e. The summed E-state index contributed by atoms with van der Waals surface area (Å²) in [5, 5.41) is 1.92. The van der Waals surface area contributed by atoms with E-state index in [4.69, 9.17) is 4.74 Å². The van der Waals surface area contributed by atoms with E-state index in [0.717, 1.165) is 30.8 Å². The number of Topliss-reactive ketones (excluding diaryl/α,β-unsaturated/α-hetero) is 1. The minimum absolute atomic E-state index is 0.00441. The van der Waals surface area contributed by atoms with Crippen LogP contribution in [0.4, 0.5) is 0 Å². The van der Waals surface area contributed by atoms with Crippen LogP contribution in [0.2, 0.25) is 0 Å². The summed E-state index contributed by atoms with van der Waals surface area (Å²) in [5.74, 6) is 0.0780. The molecule has 0 bridgehead atoms. The number of hydrogen-bond donors (Lipinski definition) is 0. The van der Waals surface area contributed by atoms with Gasteiger partial charge in [-0.3, -0.25) is 14.5 Å². The van der Waals surface area contributed by atoms with Crippen molar-refractivity contribution in [2.24, 2.45) is 5.92 Å². The second kappa shape index (κ2) is 6.99. The van der Waals surface area contributed by atoms with E-state index >= 15 is 0 Å². The maximum absolute atomic E-state index is 12.3. The largest absolute Gasteiger partial charge is 0.466 e. The monoisotopic (exact) mass is 295 g/mol. The molecule has 0 amide bonds. The standard InChI is InChI=1S/C15H21NO3S/c1-3-19-15(18)12-6-8-16(9-7-12)11(2)14(17)13-5-4-10-20-13/h4-5,10-12H,3,6-9H2,1-2H3/t11-/m1/s1. The van der Waals surface area contributed by atoms with Crippen molar-refractivity contribution in [3.05, 3.63) is 22.4 Å². The maximum atomic E-state index is 12.3. The molecule has 20 heavy (non-hydrogen) atoms. The number of nitrogens with zero attached hydrogens (tertiary/aromatic N) is 1. The lowest BCUT2D eigenvalue weighted by Crippen LogP contribution is -2.45. The number of carbonyl (C=O) groups excluding carboxylic acids is 2. The fourth-order valence-electron chi connectivity index (χ4n) is 2.57. The zero-order valence-electron chi connectivity index (χ0n) is 12.0. The highest BCUT2D eigenvalue weighted by Crippen LogP contribution is 2.22. The summed E-state index contributed by atoms with van der Waals surface area (Å²) in [6, 6.07) is 3.66. The van der Waals surface area contributed by atoms with Crippen molar-refractivity contribution in [2.75, 3.05) is 19.7 Å². The van der Waals surface area contributed by atoms with Crippen molar-refractivity contribution in [3.63, 3.8) is 0 Å². The molecule has 0 aliphatic carbocycles. The molecule has 2 heterocycles. The van der Waals surface area contributed by atoms with Gasteiger partial charge in [-0.2, -0.15) is 0 Å². The van der Waals surface area contributed by atoms with Crippen LogP contribution in [-0.2, 0) is 9.53 Å². The van der Waals surface area contributed by atoms with Crippen molar-refractivity contribution in [3.8, 4) is 0 Å². The molecule has 1 fully saturated rings. The van der Waals surface area contributed by atoms with Crippen molar-refractivity contribution in [1.29, 1.82) is 0 Å². The molecule has 1 aromatic heterocycles. The molecular formula is C15H21NO3S. The van der Waals surface area contributed by atoms with E-state index in [1.807, 2.05) is 31.4 Å². The fourth-order valence-corrected chi connectivity index (χ4v) is 3.32. The Labute approximate surface area is 123 Å². The average Bonchev–Trinajstić information content (AvgIpc) is 3.00. The topological polar surface area (TPSA) is 46.6 Å². The van der Waals surface area contributed by atoms with E-state index in [1.54, 1.807) is 0 Å². The number of hydrogen-bond acceptors (Lipinski definition) is 5. The van der Waals surface area contributed by atoms with Crippen molar-refractivity contribution < 1.29 is 14.3 Å². The molecule has 1 aromatic rings. The van der Waals surface area contributed by atoms with Crippen LogP contribution in [-0.4, -0.2) is 42.4 Å². The van der Waals surface area contributed by atoms with Crippen LogP contribution in [0.15, 0.2) is 17.5 Å². The number of likely N-dealkylation sites (tertiary alicyclic amines) is 1. The van der Waals surface area contributed by atoms with Crippen molar-refractivity contribution in [2.45, 2.75) is 32.7 Å². The van der Waals surface area contributed by atoms with Gasteiger partial charge in [0.15, 0.2) is 5.78 Å². The van der Waals surface area contributed by atoms with Gasteiger partial charge in [-0.25, -0.2) is 0 Å². The SMILES string of the molecule is CCOC(=O)C1CCN([C@H](C)C(=O)c2cccs2)CC1. The Morgan fingerprint density at radius 2 is 2.15 bits per heavy atom. The summed E-state index contributed by atoms with van der Waals surface area (Å²) in [6.07, 6.45) is 1.56. The van der Waals surface area contributed by atoms with Gasteiger partial charge in [0.1, 0.15) is 0 Å². The molecule has 5 heteroatoms. The minimum Gasteiger partial charge on any atom is -0.466 e. The summed E-state index contributed by atoms with van der Waals surface area (Å²) in [6.45, 7) is 5.78. The van der Waals surface area contributed by atoms with Gasteiger partial charge in [-0.15, -0.1) is 11.3 Å². The second-order valence-corrected chi connectivity index (χ2v) is 6.03. The third-order valence-electron chi connectivity index (χ3n) is 3.84. The lowest BCUT2D eigenvalue weighted by molar-refractivity contribution is -0.149. The molecule has 0 N–H and O–H groups in total. The molecule has 2 rings (SSSR count). The summed E-state index contributed by atoms with van der Waals surface area (Å²) in [7, 11) is 0. The van der Waals surface area contributed by atoms with Crippen molar-refractivity contribution in [1.82, 2.24) is 4.90 Å². The van der Waals surface area contributed by atoms with Gasteiger partial charge >= 0.3 is 5.97 Å². The van der Waals surface area contributed by atoms with Crippen LogP contribution in [0, 0.1) is 5.92 Å². The van der Waals surface area contributed by atoms with Gasteiger partial charge in [0, 0.05) is 0 Å². The van der Waals surface area contributed by atoms with E-state index in [-0.39, 0.29) is 23.7 Å². The molecule has 1 aliphatic heterocycles. The van der Waals surface area contributed by atoms with E-state index < -0.39 is 0 Å². The second-order valence-electron chi connectivity index (χ2n) is 5.08. The van der Waals surface area contributed by atoms with Crippen LogP contribution in [0.1, 0.15) is 36.4 Å². The Morgan fingerprint density at radius 1 is 1.45 bits per heavy atom. The van der Waals surface area contributed by atoms with Gasteiger partial charge in [0.2, 0.25) is 0 Å². The number of ketones is 1. The number of thiophene rings is 1. The van der Waals surface area contributed by atoms with Gasteiger partial charge in [-0.1, -0.05) is 6.07 Å². The summed E-state index contributed by atoms with van der Waals surface area (Å²) in [4.78, 5) is 27.0. The van der Waals surface area contributed by atoms with Gasteiger partial charge in [0.25, 0.3) is 0 Å². The quantitative estimate of drug-likeness (QED) is 0.619. The maximum Gasteiger partial charge on any atom is 0.309 e. The van der Waals surface area contributed by atoms with Crippen molar-refractivity contribution >= 4 is 23.1 Å². The molecule has 0 saturated carbocycles. The highest BCUT2D eigenvalue weighted by Gasteiger charge is 2.30. The molecule has 1 saturated heterocycles. The number of rotatable bonds is 5. The Hall–Kier alpha value is -1.20. The Bertz CT molecular complexity index is 450. The molecule has 0 unspecified atom stereocenters.